The van der Waals surface area contributed by atoms with Crippen molar-refractivity contribution in [3.63, 3.8) is 0 Å². The molecule has 2 aromatic rings. The molecule has 134 valence electrons. The van der Waals surface area contributed by atoms with Gasteiger partial charge in [0, 0.05) is 17.6 Å². The van der Waals surface area contributed by atoms with Gasteiger partial charge in [-0.2, -0.15) is 0 Å². The maximum absolute atomic E-state index is 11.6. The first kappa shape index (κ1) is 19.2. The van der Waals surface area contributed by atoms with Crippen molar-refractivity contribution < 1.29 is 19.1 Å². The van der Waals surface area contributed by atoms with E-state index < -0.39 is 24.5 Å². The molecule has 0 fully saturated rings. The first-order valence-corrected chi connectivity index (χ1v) is 8.13. The molecule has 7 heteroatoms. The van der Waals surface area contributed by atoms with E-state index in [2.05, 4.69) is 10.6 Å². The molecule has 0 aliphatic rings. The van der Waals surface area contributed by atoms with Gasteiger partial charge in [-0.15, -0.1) is 0 Å². The summed E-state index contributed by atoms with van der Waals surface area (Å²) in [7, 11) is 0. The van der Waals surface area contributed by atoms with Gasteiger partial charge in [0.2, 0.25) is 0 Å². The molecule has 0 unspecified atom stereocenters. The summed E-state index contributed by atoms with van der Waals surface area (Å²) in [5.74, 6) is -1.44. The Balaban J connectivity index is 1.70. The topological polar surface area (TPSA) is 84.5 Å². The lowest BCUT2D eigenvalue weighted by Gasteiger charge is -2.07. The van der Waals surface area contributed by atoms with Crippen LogP contribution in [-0.2, 0) is 20.9 Å². The molecule has 0 aliphatic heterocycles. The van der Waals surface area contributed by atoms with E-state index >= 15 is 0 Å². The van der Waals surface area contributed by atoms with Crippen molar-refractivity contribution in [3.05, 3.63) is 76.8 Å². The molecule has 0 heterocycles. The first-order chi connectivity index (χ1) is 12.5. The molecular weight excluding hydrogens is 356 g/mol. The second kappa shape index (κ2) is 10.0. The zero-order valence-corrected chi connectivity index (χ0v) is 14.5. The van der Waals surface area contributed by atoms with Crippen molar-refractivity contribution in [3.8, 4) is 0 Å². The van der Waals surface area contributed by atoms with Crippen molar-refractivity contribution in [1.29, 1.82) is 0 Å². The van der Waals surface area contributed by atoms with Crippen molar-refractivity contribution >= 4 is 35.6 Å². The number of imide groups is 1. The zero-order chi connectivity index (χ0) is 18.8. The molecule has 2 N–H and O–H groups in total. The van der Waals surface area contributed by atoms with E-state index in [4.69, 9.17) is 16.3 Å². The summed E-state index contributed by atoms with van der Waals surface area (Å²) in [6.45, 7) is -0.287. The molecule has 6 nitrogen and oxygen atoms in total. The number of halogens is 1. The average Bonchev–Trinajstić information content (AvgIpc) is 2.65. The van der Waals surface area contributed by atoms with Crippen LogP contribution >= 0.6 is 11.6 Å². The van der Waals surface area contributed by atoms with Crippen molar-refractivity contribution in [2.45, 2.75) is 6.54 Å². The fraction of sp³-hybridized carbons (Fsp3) is 0.105. The molecule has 0 bridgehead atoms. The van der Waals surface area contributed by atoms with E-state index in [0.717, 1.165) is 11.6 Å². The van der Waals surface area contributed by atoms with Crippen LogP contribution in [0.3, 0.4) is 0 Å². The normalized spacial score (nSPS) is 10.3. The Kier molecular flexibility index (Phi) is 7.39. The summed E-state index contributed by atoms with van der Waals surface area (Å²) in [6, 6.07) is 15.5. The predicted octanol–water partition coefficient (Wildman–Crippen LogP) is 2.92. The summed E-state index contributed by atoms with van der Waals surface area (Å²) in [5, 5.41) is 5.10. The highest BCUT2D eigenvalue weighted by atomic mass is 35.5. The fourth-order valence-corrected chi connectivity index (χ4v) is 2.14. The van der Waals surface area contributed by atoms with Crippen LogP contribution in [0.15, 0.2) is 60.7 Å². The minimum absolute atomic E-state index is 0.278. The maximum atomic E-state index is 11.6. The van der Waals surface area contributed by atoms with Crippen LogP contribution in [0.5, 0.6) is 0 Å². The van der Waals surface area contributed by atoms with Gasteiger partial charge in [-0.05, 0) is 23.3 Å². The molecule has 0 spiro atoms. The molecule has 3 amide bonds. The summed E-state index contributed by atoms with van der Waals surface area (Å²) < 4.78 is 4.77. The van der Waals surface area contributed by atoms with Gasteiger partial charge >= 0.3 is 12.0 Å². The Bertz CT molecular complexity index is 806. The largest absolute Gasteiger partial charge is 0.452 e. The standard InChI is InChI=1S/C19H17ClN2O4/c20-16-9-5-4-8-15(16)10-11-18(24)26-13-17(23)22-19(25)21-12-14-6-2-1-3-7-14/h1-11H,12-13H2,(H2,21,22,23,25)/b11-10+. The van der Waals surface area contributed by atoms with Crippen LogP contribution in [0.25, 0.3) is 6.08 Å². The second-order valence-electron chi connectivity index (χ2n) is 5.18. The van der Waals surface area contributed by atoms with E-state index in [1.54, 1.807) is 24.3 Å². The third-order valence-electron chi connectivity index (χ3n) is 3.20. The SMILES string of the molecule is O=C(COC(=O)/C=C/c1ccccc1Cl)NC(=O)NCc1ccccc1. The van der Waals surface area contributed by atoms with Gasteiger partial charge in [0.25, 0.3) is 5.91 Å². The van der Waals surface area contributed by atoms with Gasteiger partial charge in [-0.25, -0.2) is 9.59 Å². The lowest BCUT2D eigenvalue weighted by atomic mass is 10.2. The van der Waals surface area contributed by atoms with E-state index in [-0.39, 0.29) is 6.54 Å². The number of esters is 1. The number of carbonyl (C=O) groups is 3. The number of benzene rings is 2. The monoisotopic (exact) mass is 372 g/mol. The Morgan fingerprint density at radius 3 is 2.42 bits per heavy atom. The number of ether oxygens (including phenoxy) is 1. The Morgan fingerprint density at radius 1 is 1.00 bits per heavy atom. The van der Waals surface area contributed by atoms with Crippen LogP contribution in [0.2, 0.25) is 5.02 Å². The lowest BCUT2D eigenvalue weighted by Crippen LogP contribution is -2.41. The van der Waals surface area contributed by atoms with Gasteiger partial charge in [-0.1, -0.05) is 60.1 Å². The number of carbonyl (C=O) groups excluding carboxylic acids is 3. The minimum atomic E-state index is -0.727. The number of hydrogen-bond donors (Lipinski definition) is 2. The van der Waals surface area contributed by atoms with Gasteiger partial charge in [-0.3, -0.25) is 10.1 Å². The summed E-state index contributed by atoms with van der Waals surface area (Å²) in [4.78, 5) is 34.8. The van der Waals surface area contributed by atoms with Crippen LogP contribution in [-0.4, -0.2) is 24.5 Å². The van der Waals surface area contributed by atoms with Crippen molar-refractivity contribution in [2.24, 2.45) is 0 Å². The molecular formula is C19H17ClN2O4. The van der Waals surface area contributed by atoms with Crippen LogP contribution < -0.4 is 10.6 Å². The molecule has 0 radical (unpaired) electrons. The van der Waals surface area contributed by atoms with Gasteiger partial charge in [0.15, 0.2) is 6.61 Å². The third-order valence-corrected chi connectivity index (χ3v) is 3.54. The number of nitrogens with one attached hydrogen (secondary N) is 2. The molecule has 2 rings (SSSR count). The van der Waals surface area contributed by atoms with E-state index in [1.165, 1.54) is 6.08 Å². The summed E-state index contributed by atoms with van der Waals surface area (Å²) in [5.41, 5.74) is 1.54. The van der Waals surface area contributed by atoms with Gasteiger partial charge in [0.05, 0.1) is 0 Å². The molecule has 0 aromatic heterocycles. The number of rotatable bonds is 6. The Hall–Kier alpha value is -3.12. The average molecular weight is 373 g/mol. The zero-order valence-electron chi connectivity index (χ0n) is 13.8. The molecule has 26 heavy (non-hydrogen) atoms. The van der Waals surface area contributed by atoms with E-state index in [9.17, 15) is 14.4 Å². The predicted molar refractivity (Wildman–Crippen MR) is 98.3 cm³/mol. The highest BCUT2D eigenvalue weighted by molar-refractivity contribution is 6.32. The van der Waals surface area contributed by atoms with E-state index in [1.807, 2.05) is 30.3 Å². The van der Waals surface area contributed by atoms with Gasteiger partial charge < -0.3 is 10.1 Å². The van der Waals surface area contributed by atoms with Crippen LogP contribution in [0, 0.1) is 0 Å². The number of hydrogen-bond acceptors (Lipinski definition) is 4. The maximum Gasteiger partial charge on any atom is 0.331 e. The minimum Gasteiger partial charge on any atom is -0.452 e. The van der Waals surface area contributed by atoms with Gasteiger partial charge in [0.1, 0.15) is 0 Å². The molecule has 0 saturated carbocycles. The van der Waals surface area contributed by atoms with Crippen molar-refractivity contribution in [1.82, 2.24) is 10.6 Å². The van der Waals surface area contributed by atoms with Crippen LogP contribution in [0.4, 0.5) is 4.79 Å². The molecule has 0 atom stereocenters. The molecule has 0 saturated heterocycles. The number of amides is 3. The molecule has 2 aromatic carbocycles. The first-order valence-electron chi connectivity index (χ1n) is 7.75. The highest BCUT2D eigenvalue weighted by Gasteiger charge is 2.09. The third kappa shape index (κ3) is 6.78. The Labute approximate surface area is 155 Å². The van der Waals surface area contributed by atoms with Crippen molar-refractivity contribution in [2.75, 3.05) is 6.61 Å². The number of urea groups is 1. The second-order valence-corrected chi connectivity index (χ2v) is 5.59. The highest BCUT2D eigenvalue weighted by Crippen LogP contribution is 2.16. The van der Waals surface area contributed by atoms with E-state index in [0.29, 0.717) is 10.6 Å². The fourth-order valence-electron chi connectivity index (χ4n) is 1.94. The Morgan fingerprint density at radius 2 is 1.69 bits per heavy atom. The summed E-state index contributed by atoms with van der Waals surface area (Å²) in [6.07, 6.45) is 2.64. The summed E-state index contributed by atoms with van der Waals surface area (Å²) >= 11 is 5.95. The lowest BCUT2D eigenvalue weighted by molar-refractivity contribution is -0.143. The molecule has 0 aliphatic carbocycles. The quantitative estimate of drug-likeness (QED) is 0.603. The van der Waals surface area contributed by atoms with Crippen LogP contribution in [0.1, 0.15) is 11.1 Å². The smallest absolute Gasteiger partial charge is 0.331 e.